The van der Waals surface area contributed by atoms with Gasteiger partial charge >= 0.3 is 0 Å². The number of amides is 4. The largest absolute Gasteiger partial charge is 0.506 e. The van der Waals surface area contributed by atoms with Crippen molar-refractivity contribution in [3.8, 4) is 5.75 Å². The number of pyridine rings is 1. The minimum atomic E-state index is -0.922. The van der Waals surface area contributed by atoms with Crippen LogP contribution in [0.15, 0.2) is 60.7 Å². The number of benzene rings is 2. The summed E-state index contributed by atoms with van der Waals surface area (Å²) < 4.78 is 0. The van der Waals surface area contributed by atoms with E-state index in [9.17, 15) is 24.3 Å². The van der Waals surface area contributed by atoms with Crippen LogP contribution in [0, 0.1) is 0 Å². The molecule has 2 aromatic carbocycles. The third-order valence-electron chi connectivity index (χ3n) is 6.54. The minimum Gasteiger partial charge on any atom is -0.506 e. The first-order chi connectivity index (χ1) is 19.2. The Morgan fingerprint density at radius 2 is 1.80 bits per heavy atom. The highest BCUT2D eigenvalue weighted by Gasteiger charge is 2.31. The minimum absolute atomic E-state index is 0.106. The van der Waals surface area contributed by atoms with Crippen molar-refractivity contribution >= 4 is 56.1 Å². The predicted molar refractivity (Wildman–Crippen MR) is 157 cm³/mol. The van der Waals surface area contributed by atoms with Gasteiger partial charge in [0.1, 0.15) is 17.8 Å². The molecule has 0 radical (unpaired) electrons. The third kappa shape index (κ3) is 7.45. The van der Waals surface area contributed by atoms with E-state index < -0.39 is 29.8 Å². The lowest BCUT2D eigenvalue weighted by atomic mass is 10.1. The summed E-state index contributed by atoms with van der Waals surface area (Å²) in [7, 11) is 4.21. The fourth-order valence-electron chi connectivity index (χ4n) is 4.17. The number of carbonyl (C=O) groups excluding carboxylic acids is 4. The quantitative estimate of drug-likeness (QED) is 0.325. The molecule has 0 aliphatic carbocycles. The van der Waals surface area contributed by atoms with Gasteiger partial charge in [0.05, 0.1) is 30.2 Å². The van der Waals surface area contributed by atoms with Gasteiger partial charge in [0.2, 0.25) is 23.6 Å². The molecule has 12 heteroatoms. The molecular weight excluding hydrogens is 550 g/mol. The monoisotopic (exact) mass is 581 g/mol. The summed E-state index contributed by atoms with van der Waals surface area (Å²) in [6.45, 7) is 1.56. The molecular formula is C28H31N5O5S2. The van der Waals surface area contributed by atoms with E-state index in [1.807, 2.05) is 55.5 Å². The van der Waals surface area contributed by atoms with Gasteiger partial charge in [-0.05, 0) is 24.6 Å². The van der Waals surface area contributed by atoms with E-state index in [0.717, 1.165) is 10.9 Å². The van der Waals surface area contributed by atoms with Crippen molar-refractivity contribution in [2.75, 3.05) is 25.1 Å². The number of rotatable bonds is 6. The Morgan fingerprint density at radius 1 is 1.10 bits per heavy atom. The summed E-state index contributed by atoms with van der Waals surface area (Å²) in [5.74, 6) is -1.32. The summed E-state index contributed by atoms with van der Waals surface area (Å²) >= 11 is 0. The van der Waals surface area contributed by atoms with E-state index in [0.29, 0.717) is 11.3 Å². The number of para-hydroxylation sites is 1. The number of likely N-dealkylation sites (N-methyl/N-ethyl adjacent to an activating group) is 1. The summed E-state index contributed by atoms with van der Waals surface area (Å²) in [5.41, 5.74) is 1.79. The normalized spacial score (nSPS) is 19.3. The molecule has 0 saturated carbocycles. The van der Waals surface area contributed by atoms with Crippen LogP contribution in [0.25, 0.3) is 10.9 Å². The van der Waals surface area contributed by atoms with Crippen LogP contribution in [-0.2, 0) is 25.6 Å². The van der Waals surface area contributed by atoms with E-state index >= 15 is 0 Å². The molecule has 4 N–H and O–H groups in total. The van der Waals surface area contributed by atoms with E-state index in [2.05, 4.69) is 20.9 Å². The van der Waals surface area contributed by atoms with Crippen molar-refractivity contribution in [3.05, 3.63) is 71.9 Å². The molecule has 2 heterocycles. The van der Waals surface area contributed by atoms with Crippen molar-refractivity contribution < 1.29 is 24.3 Å². The van der Waals surface area contributed by atoms with Crippen LogP contribution in [0.5, 0.6) is 5.75 Å². The molecule has 1 aliphatic heterocycles. The molecule has 1 saturated heterocycles. The van der Waals surface area contributed by atoms with Crippen LogP contribution in [0.3, 0.4) is 0 Å². The predicted octanol–water partition coefficient (Wildman–Crippen LogP) is 2.18. The SMILES string of the molecule is C[C@H](NC(=O)[C@@H]1CSSC[C@@H](NC(=O)Cc2nc3ccccc3cc2O)C(=O)NCC(=O)N1C)c1ccccc1. The lowest BCUT2D eigenvalue weighted by Crippen LogP contribution is -2.53. The van der Waals surface area contributed by atoms with Gasteiger partial charge in [0.25, 0.3) is 0 Å². The van der Waals surface area contributed by atoms with Crippen molar-refractivity contribution in [1.29, 1.82) is 0 Å². The number of fused-ring (bicyclic) bond motifs is 1. The molecule has 0 unspecified atom stereocenters. The summed E-state index contributed by atoms with van der Waals surface area (Å²) in [4.78, 5) is 57.4. The molecule has 10 nitrogen and oxygen atoms in total. The maximum Gasteiger partial charge on any atom is 0.244 e. The van der Waals surface area contributed by atoms with Crippen LogP contribution in [-0.4, -0.2) is 75.8 Å². The molecule has 4 amide bonds. The summed E-state index contributed by atoms with van der Waals surface area (Å²) in [5, 5.41) is 19.3. The maximum absolute atomic E-state index is 13.1. The Hall–Kier alpha value is -3.77. The van der Waals surface area contributed by atoms with Crippen molar-refractivity contribution in [1.82, 2.24) is 25.8 Å². The number of aromatic nitrogens is 1. The Bertz CT molecular complexity index is 1390. The van der Waals surface area contributed by atoms with Gasteiger partial charge in [-0.3, -0.25) is 19.2 Å². The van der Waals surface area contributed by atoms with Crippen molar-refractivity contribution in [2.24, 2.45) is 0 Å². The number of aromatic hydroxyl groups is 1. The summed E-state index contributed by atoms with van der Waals surface area (Å²) in [6, 6.07) is 16.4. The van der Waals surface area contributed by atoms with Crippen LogP contribution in [0.1, 0.15) is 24.2 Å². The highest BCUT2D eigenvalue weighted by atomic mass is 33.1. The fraction of sp³-hybridized carbons (Fsp3) is 0.321. The highest BCUT2D eigenvalue weighted by Crippen LogP contribution is 2.26. The number of nitrogens with zero attached hydrogens (tertiary/aromatic N) is 2. The van der Waals surface area contributed by atoms with Gasteiger partial charge < -0.3 is 26.0 Å². The van der Waals surface area contributed by atoms with E-state index in [4.69, 9.17) is 0 Å². The first-order valence-electron chi connectivity index (χ1n) is 12.7. The molecule has 3 atom stereocenters. The lowest BCUT2D eigenvalue weighted by Gasteiger charge is -2.28. The second-order valence-corrected chi connectivity index (χ2v) is 11.9. The lowest BCUT2D eigenvalue weighted by molar-refractivity contribution is -0.138. The molecule has 1 aliphatic rings. The number of hydrogen-bond acceptors (Lipinski definition) is 8. The van der Waals surface area contributed by atoms with Gasteiger partial charge in [-0.1, -0.05) is 70.1 Å². The summed E-state index contributed by atoms with van der Waals surface area (Å²) in [6.07, 6.45) is -0.220. The molecule has 4 rings (SSSR count). The van der Waals surface area contributed by atoms with E-state index in [1.54, 1.807) is 12.1 Å². The number of hydrogen-bond donors (Lipinski definition) is 4. The van der Waals surface area contributed by atoms with Crippen LogP contribution in [0.4, 0.5) is 0 Å². The average Bonchev–Trinajstić information content (AvgIpc) is 2.97. The van der Waals surface area contributed by atoms with Gasteiger partial charge in [-0.25, -0.2) is 4.98 Å². The van der Waals surface area contributed by atoms with Crippen LogP contribution >= 0.6 is 21.6 Å². The van der Waals surface area contributed by atoms with Gasteiger partial charge in [-0.15, -0.1) is 0 Å². The van der Waals surface area contributed by atoms with Crippen LogP contribution in [0.2, 0.25) is 0 Å². The number of carbonyl (C=O) groups is 4. The van der Waals surface area contributed by atoms with Crippen LogP contribution < -0.4 is 16.0 Å². The van der Waals surface area contributed by atoms with E-state index in [1.165, 1.54) is 33.5 Å². The van der Waals surface area contributed by atoms with Crippen molar-refractivity contribution in [2.45, 2.75) is 31.5 Å². The zero-order valence-corrected chi connectivity index (χ0v) is 23.8. The Balaban J connectivity index is 1.39. The average molecular weight is 582 g/mol. The van der Waals surface area contributed by atoms with E-state index in [-0.39, 0.29) is 42.1 Å². The molecule has 40 heavy (non-hydrogen) atoms. The highest BCUT2D eigenvalue weighted by molar-refractivity contribution is 8.76. The smallest absolute Gasteiger partial charge is 0.244 e. The first kappa shape index (κ1) is 29.2. The molecule has 0 bridgehead atoms. The molecule has 3 aromatic rings. The van der Waals surface area contributed by atoms with Gasteiger partial charge in [0, 0.05) is 23.9 Å². The topological polar surface area (TPSA) is 141 Å². The maximum atomic E-state index is 13.1. The third-order valence-corrected chi connectivity index (χ3v) is 8.94. The standard InChI is InChI=1S/C28H31N5O5S2/c1-17(18-8-4-3-5-9-18)30-28(38)23-16-40-39-15-22(27(37)29-14-26(36)33(23)2)32-25(35)13-21-24(34)12-19-10-6-7-11-20(19)31-21/h3-12,17,22-23,34H,13-16H2,1-2H3,(H,29,37)(H,30,38)(H,32,35)/t17-,22+,23-/m0/s1. The zero-order chi connectivity index (χ0) is 28.6. The molecule has 1 fully saturated rings. The second-order valence-electron chi connectivity index (χ2n) is 9.39. The zero-order valence-electron chi connectivity index (χ0n) is 22.1. The molecule has 1 aromatic heterocycles. The van der Waals surface area contributed by atoms with Crippen molar-refractivity contribution in [3.63, 3.8) is 0 Å². The molecule has 210 valence electrons. The molecule has 0 spiro atoms. The Kier molecular flexibility index (Phi) is 9.88. The van der Waals surface area contributed by atoms with Gasteiger partial charge in [-0.2, -0.15) is 0 Å². The Morgan fingerprint density at radius 3 is 2.58 bits per heavy atom. The van der Waals surface area contributed by atoms with Gasteiger partial charge in [0.15, 0.2) is 0 Å². The fourth-order valence-corrected chi connectivity index (χ4v) is 6.61. The first-order valence-corrected chi connectivity index (χ1v) is 15.2. The second kappa shape index (κ2) is 13.5. The Labute approximate surface area is 240 Å². The number of nitrogens with one attached hydrogen (secondary N) is 3.